The molecule has 2 heterocycles. The van der Waals surface area contributed by atoms with E-state index in [9.17, 15) is 0 Å². The fourth-order valence-electron chi connectivity index (χ4n) is 2.68. The van der Waals surface area contributed by atoms with Crippen molar-refractivity contribution in [3.63, 3.8) is 0 Å². The smallest absolute Gasteiger partial charge is 0.142 e. The monoisotopic (exact) mass is 287 g/mol. The van der Waals surface area contributed by atoms with Crippen LogP contribution in [-0.4, -0.2) is 22.6 Å². The predicted octanol–water partition coefficient (Wildman–Crippen LogP) is 3.62. The van der Waals surface area contributed by atoms with E-state index in [2.05, 4.69) is 24.1 Å². The van der Waals surface area contributed by atoms with E-state index in [0.29, 0.717) is 12.0 Å². The van der Waals surface area contributed by atoms with E-state index in [4.69, 9.17) is 4.98 Å². The molecule has 0 fully saturated rings. The number of hydrogen-bond acceptors (Lipinski definition) is 4. The molecule has 1 unspecified atom stereocenters. The van der Waals surface area contributed by atoms with E-state index in [1.807, 2.05) is 35.7 Å². The lowest BCUT2D eigenvalue weighted by Gasteiger charge is -2.22. The number of nitrogens with one attached hydrogen (secondary N) is 1. The molecule has 1 atom stereocenters. The Bertz CT molecular complexity index is 562. The minimum absolute atomic E-state index is 0.536. The molecule has 1 aliphatic carbocycles. The van der Waals surface area contributed by atoms with Gasteiger partial charge in [-0.05, 0) is 31.4 Å². The van der Waals surface area contributed by atoms with Crippen molar-refractivity contribution in [3.05, 3.63) is 35.0 Å². The maximum atomic E-state index is 4.90. The van der Waals surface area contributed by atoms with Crippen molar-refractivity contribution in [2.45, 2.75) is 45.1 Å². The van der Waals surface area contributed by atoms with E-state index < -0.39 is 0 Å². The number of pyridine rings is 1. The van der Waals surface area contributed by atoms with Gasteiger partial charge < -0.3 is 5.32 Å². The quantitative estimate of drug-likeness (QED) is 0.933. The van der Waals surface area contributed by atoms with Gasteiger partial charge in [0.05, 0.1) is 11.4 Å². The summed E-state index contributed by atoms with van der Waals surface area (Å²) >= 11 is 1.83. The highest BCUT2D eigenvalue weighted by Crippen LogP contribution is 2.37. The van der Waals surface area contributed by atoms with E-state index in [1.54, 1.807) is 0 Å². The van der Waals surface area contributed by atoms with Crippen molar-refractivity contribution in [2.75, 3.05) is 6.54 Å². The van der Waals surface area contributed by atoms with Gasteiger partial charge in [-0.25, -0.2) is 4.98 Å². The molecule has 0 amide bonds. The van der Waals surface area contributed by atoms with Gasteiger partial charge in [-0.15, -0.1) is 11.3 Å². The van der Waals surface area contributed by atoms with Crippen LogP contribution in [0.5, 0.6) is 0 Å². The van der Waals surface area contributed by atoms with Crippen LogP contribution in [0.15, 0.2) is 24.4 Å². The van der Waals surface area contributed by atoms with Crippen LogP contribution in [0.2, 0.25) is 0 Å². The Labute approximate surface area is 124 Å². The molecule has 0 aromatic carbocycles. The van der Waals surface area contributed by atoms with Crippen LogP contribution in [0.3, 0.4) is 0 Å². The molecular formula is C16H21N3S. The molecule has 2 aromatic heterocycles. The van der Waals surface area contributed by atoms with Crippen LogP contribution in [-0.2, 0) is 6.42 Å². The predicted molar refractivity (Wildman–Crippen MR) is 84.2 cm³/mol. The van der Waals surface area contributed by atoms with Crippen molar-refractivity contribution < 1.29 is 0 Å². The van der Waals surface area contributed by atoms with Crippen LogP contribution in [0.4, 0.5) is 0 Å². The zero-order chi connectivity index (χ0) is 13.9. The molecule has 20 heavy (non-hydrogen) atoms. The first-order valence-corrected chi connectivity index (χ1v) is 8.20. The van der Waals surface area contributed by atoms with Gasteiger partial charge in [-0.2, -0.15) is 0 Å². The topological polar surface area (TPSA) is 37.8 Å². The second-order valence-electron chi connectivity index (χ2n) is 5.69. The number of aromatic nitrogens is 2. The van der Waals surface area contributed by atoms with Gasteiger partial charge in [-0.3, -0.25) is 4.98 Å². The lowest BCUT2D eigenvalue weighted by molar-refractivity contribution is 0.475. The van der Waals surface area contributed by atoms with Gasteiger partial charge in [0.15, 0.2) is 0 Å². The molecule has 3 nitrogen and oxygen atoms in total. The van der Waals surface area contributed by atoms with Gasteiger partial charge in [0.25, 0.3) is 0 Å². The Hall–Kier alpha value is -1.26. The van der Waals surface area contributed by atoms with Crippen molar-refractivity contribution in [1.29, 1.82) is 0 Å². The number of rotatable bonds is 4. The van der Waals surface area contributed by atoms with Gasteiger partial charge in [0.1, 0.15) is 5.01 Å². The summed E-state index contributed by atoms with van der Waals surface area (Å²) in [6.07, 6.45) is 5.55. The average molecular weight is 287 g/mol. The molecule has 4 heteroatoms. The van der Waals surface area contributed by atoms with Gasteiger partial charge in [0.2, 0.25) is 0 Å². The highest BCUT2D eigenvalue weighted by molar-refractivity contribution is 7.15. The zero-order valence-corrected chi connectivity index (χ0v) is 12.9. The zero-order valence-electron chi connectivity index (χ0n) is 12.1. The molecule has 0 radical (unpaired) electrons. The first kappa shape index (κ1) is 13.7. The number of hydrogen-bond donors (Lipinski definition) is 1. The van der Waals surface area contributed by atoms with Crippen LogP contribution >= 0.6 is 11.3 Å². The van der Waals surface area contributed by atoms with Gasteiger partial charge >= 0.3 is 0 Å². The average Bonchev–Trinajstić information content (AvgIpc) is 2.90. The van der Waals surface area contributed by atoms with Crippen molar-refractivity contribution in [1.82, 2.24) is 15.3 Å². The van der Waals surface area contributed by atoms with Gasteiger partial charge in [-0.1, -0.05) is 19.9 Å². The fraction of sp³-hybridized carbons (Fsp3) is 0.500. The molecule has 1 aliphatic rings. The number of aryl methyl sites for hydroxylation is 1. The summed E-state index contributed by atoms with van der Waals surface area (Å²) in [7, 11) is 0. The van der Waals surface area contributed by atoms with E-state index in [-0.39, 0.29) is 0 Å². The van der Waals surface area contributed by atoms with E-state index >= 15 is 0 Å². The minimum atomic E-state index is 0.536. The Morgan fingerprint density at radius 2 is 2.30 bits per heavy atom. The summed E-state index contributed by atoms with van der Waals surface area (Å²) in [6.45, 7) is 5.43. The summed E-state index contributed by atoms with van der Waals surface area (Å²) < 4.78 is 0. The number of nitrogens with zero attached hydrogens (tertiary/aromatic N) is 2. The largest absolute Gasteiger partial charge is 0.314 e. The standard InChI is InChI=1S/C16H21N3S/c1-11(2)18-10-12-6-5-8-14-15(12)19-16(20-14)13-7-3-4-9-17-13/h3-4,7,9,11-12,18H,5-6,8,10H2,1-2H3. The third kappa shape index (κ3) is 2.91. The van der Waals surface area contributed by atoms with E-state index in [0.717, 1.165) is 17.2 Å². The third-order valence-corrected chi connectivity index (χ3v) is 4.88. The van der Waals surface area contributed by atoms with Crippen LogP contribution in [0, 0.1) is 0 Å². The van der Waals surface area contributed by atoms with Crippen LogP contribution < -0.4 is 5.32 Å². The maximum absolute atomic E-state index is 4.90. The molecule has 0 saturated heterocycles. The van der Waals surface area contributed by atoms with Crippen molar-refractivity contribution in [3.8, 4) is 10.7 Å². The highest BCUT2D eigenvalue weighted by atomic mass is 32.1. The molecule has 0 saturated carbocycles. The molecule has 106 valence electrons. The molecule has 2 aromatic rings. The molecule has 0 aliphatic heterocycles. The number of thiazole rings is 1. The Morgan fingerprint density at radius 1 is 1.40 bits per heavy atom. The minimum Gasteiger partial charge on any atom is -0.314 e. The normalized spacial score (nSPS) is 18.2. The summed E-state index contributed by atoms with van der Waals surface area (Å²) in [5, 5.41) is 4.63. The first-order valence-electron chi connectivity index (χ1n) is 7.38. The van der Waals surface area contributed by atoms with Crippen LogP contribution in [0.25, 0.3) is 10.7 Å². The summed E-state index contributed by atoms with van der Waals surface area (Å²) in [5.41, 5.74) is 2.32. The molecule has 1 N–H and O–H groups in total. The summed E-state index contributed by atoms with van der Waals surface area (Å²) in [6, 6.07) is 6.56. The van der Waals surface area contributed by atoms with E-state index in [1.165, 1.54) is 29.8 Å². The second-order valence-corrected chi connectivity index (χ2v) is 6.78. The highest BCUT2D eigenvalue weighted by Gasteiger charge is 2.25. The fourth-order valence-corrected chi connectivity index (χ4v) is 3.85. The lowest BCUT2D eigenvalue weighted by Crippen LogP contribution is -2.29. The van der Waals surface area contributed by atoms with Crippen LogP contribution in [0.1, 0.15) is 43.2 Å². The molecule has 0 bridgehead atoms. The SMILES string of the molecule is CC(C)NCC1CCCc2sc(-c3ccccn3)nc21. The Balaban J connectivity index is 1.85. The molecular weight excluding hydrogens is 266 g/mol. The Kier molecular flexibility index (Phi) is 4.13. The summed E-state index contributed by atoms with van der Waals surface area (Å²) in [5.74, 6) is 0.565. The van der Waals surface area contributed by atoms with Crippen molar-refractivity contribution >= 4 is 11.3 Å². The third-order valence-electron chi connectivity index (χ3n) is 3.73. The number of fused-ring (bicyclic) bond motifs is 1. The maximum Gasteiger partial charge on any atom is 0.142 e. The van der Waals surface area contributed by atoms with Crippen molar-refractivity contribution in [2.24, 2.45) is 0 Å². The first-order chi connectivity index (χ1) is 9.74. The molecule has 0 spiro atoms. The molecule has 3 rings (SSSR count). The summed E-state index contributed by atoms with van der Waals surface area (Å²) in [4.78, 5) is 10.8. The second kappa shape index (κ2) is 6.02. The Morgan fingerprint density at radius 3 is 3.05 bits per heavy atom. The lowest BCUT2D eigenvalue weighted by atomic mass is 9.91. The van der Waals surface area contributed by atoms with Gasteiger partial charge in [0, 0.05) is 29.6 Å².